The van der Waals surface area contributed by atoms with Crippen LogP contribution in [0.2, 0.25) is 0 Å². The maximum Gasteiger partial charge on any atom is 0.201 e. The van der Waals surface area contributed by atoms with Gasteiger partial charge in [0.1, 0.15) is 6.61 Å². The van der Waals surface area contributed by atoms with Crippen molar-refractivity contribution in [3.05, 3.63) is 34.3 Å². The monoisotopic (exact) mass is 308 g/mol. The third-order valence-corrected chi connectivity index (χ3v) is 4.28. The molecule has 1 aromatic rings. The topological polar surface area (TPSA) is 33.6 Å². The van der Waals surface area contributed by atoms with Gasteiger partial charge in [0.2, 0.25) is 5.90 Å². The standard InChI is InChI=1S/C14H17BrN2O/c15-12-5-2-1-4-10(12)8-11-9-18-14(17-11)13-6-3-7-16-13/h1-2,4-5,11,13,16H,3,6-9H2. The quantitative estimate of drug-likeness (QED) is 0.931. The largest absolute Gasteiger partial charge is 0.478 e. The molecule has 1 fully saturated rings. The van der Waals surface area contributed by atoms with Crippen molar-refractivity contribution in [2.24, 2.45) is 4.99 Å². The van der Waals surface area contributed by atoms with Gasteiger partial charge in [-0.05, 0) is 37.4 Å². The van der Waals surface area contributed by atoms with Gasteiger partial charge < -0.3 is 10.1 Å². The van der Waals surface area contributed by atoms with E-state index in [4.69, 9.17) is 9.73 Å². The summed E-state index contributed by atoms with van der Waals surface area (Å²) in [6.45, 7) is 1.80. The molecule has 0 spiro atoms. The predicted octanol–water partition coefficient (Wildman–Crippen LogP) is 2.54. The second-order valence-corrected chi connectivity index (χ2v) is 5.73. The molecular weight excluding hydrogens is 292 g/mol. The van der Waals surface area contributed by atoms with Crippen molar-refractivity contribution in [3.63, 3.8) is 0 Å². The number of ether oxygens (including phenoxy) is 1. The first-order valence-electron chi connectivity index (χ1n) is 6.50. The minimum atomic E-state index is 0.265. The van der Waals surface area contributed by atoms with Gasteiger partial charge >= 0.3 is 0 Å². The molecule has 2 heterocycles. The molecule has 2 atom stereocenters. The van der Waals surface area contributed by atoms with Crippen molar-refractivity contribution < 1.29 is 4.74 Å². The van der Waals surface area contributed by atoms with Crippen molar-refractivity contribution in [2.75, 3.05) is 13.2 Å². The molecule has 1 saturated heterocycles. The van der Waals surface area contributed by atoms with Gasteiger partial charge in [-0.3, -0.25) is 0 Å². The van der Waals surface area contributed by atoms with Crippen LogP contribution in [0.25, 0.3) is 0 Å². The highest BCUT2D eigenvalue weighted by Crippen LogP contribution is 2.21. The van der Waals surface area contributed by atoms with Crippen molar-refractivity contribution in [1.82, 2.24) is 5.32 Å². The first kappa shape index (κ1) is 12.2. The summed E-state index contributed by atoms with van der Waals surface area (Å²) in [6, 6.07) is 8.95. The minimum absolute atomic E-state index is 0.265. The van der Waals surface area contributed by atoms with Crippen molar-refractivity contribution >= 4 is 21.8 Å². The Bertz CT molecular complexity index is 455. The van der Waals surface area contributed by atoms with Crippen LogP contribution in [0.5, 0.6) is 0 Å². The van der Waals surface area contributed by atoms with Gasteiger partial charge in [-0.2, -0.15) is 0 Å². The molecule has 4 heteroatoms. The SMILES string of the molecule is Brc1ccccc1CC1COC(C2CCCN2)=N1. The van der Waals surface area contributed by atoms with E-state index >= 15 is 0 Å². The lowest BCUT2D eigenvalue weighted by molar-refractivity contribution is 0.302. The minimum Gasteiger partial charge on any atom is -0.478 e. The fourth-order valence-corrected chi connectivity index (χ4v) is 2.99. The molecule has 1 aromatic carbocycles. The van der Waals surface area contributed by atoms with Crippen LogP contribution in [0.1, 0.15) is 18.4 Å². The third kappa shape index (κ3) is 2.59. The Hall–Kier alpha value is -0.870. The van der Waals surface area contributed by atoms with Gasteiger partial charge in [0, 0.05) is 4.47 Å². The zero-order chi connectivity index (χ0) is 12.4. The van der Waals surface area contributed by atoms with Gasteiger partial charge in [-0.1, -0.05) is 34.1 Å². The molecule has 2 aliphatic heterocycles. The first-order chi connectivity index (χ1) is 8.83. The van der Waals surface area contributed by atoms with Crippen molar-refractivity contribution in [3.8, 4) is 0 Å². The van der Waals surface area contributed by atoms with E-state index in [1.807, 2.05) is 6.07 Å². The molecule has 0 bridgehead atoms. The molecule has 0 saturated carbocycles. The molecule has 2 aliphatic rings. The smallest absolute Gasteiger partial charge is 0.201 e. The summed E-state index contributed by atoms with van der Waals surface area (Å²) < 4.78 is 6.89. The van der Waals surface area contributed by atoms with Crippen LogP contribution in [-0.2, 0) is 11.2 Å². The van der Waals surface area contributed by atoms with E-state index < -0.39 is 0 Å². The van der Waals surface area contributed by atoms with Gasteiger partial charge in [0.25, 0.3) is 0 Å². The molecule has 1 N–H and O–H groups in total. The second kappa shape index (κ2) is 5.41. The molecule has 0 aromatic heterocycles. The average molecular weight is 309 g/mol. The number of hydrogen-bond donors (Lipinski definition) is 1. The van der Waals surface area contributed by atoms with Crippen molar-refractivity contribution in [2.45, 2.75) is 31.3 Å². The van der Waals surface area contributed by atoms with Crippen LogP contribution in [0.4, 0.5) is 0 Å². The molecule has 0 amide bonds. The van der Waals surface area contributed by atoms with Crippen LogP contribution < -0.4 is 5.32 Å². The maximum absolute atomic E-state index is 5.73. The Morgan fingerprint density at radius 1 is 1.39 bits per heavy atom. The zero-order valence-electron chi connectivity index (χ0n) is 10.2. The van der Waals surface area contributed by atoms with E-state index in [0.717, 1.165) is 36.4 Å². The van der Waals surface area contributed by atoms with Crippen LogP contribution >= 0.6 is 15.9 Å². The Balaban J connectivity index is 1.66. The Morgan fingerprint density at radius 3 is 3.06 bits per heavy atom. The van der Waals surface area contributed by atoms with E-state index in [-0.39, 0.29) is 6.04 Å². The summed E-state index contributed by atoms with van der Waals surface area (Å²) in [5, 5.41) is 3.43. The second-order valence-electron chi connectivity index (χ2n) is 4.88. The van der Waals surface area contributed by atoms with Crippen LogP contribution in [0.3, 0.4) is 0 Å². The van der Waals surface area contributed by atoms with Gasteiger partial charge in [0.05, 0.1) is 12.1 Å². The number of hydrogen-bond acceptors (Lipinski definition) is 3. The number of halogens is 1. The Kier molecular flexibility index (Phi) is 3.66. The highest BCUT2D eigenvalue weighted by molar-refractivity contribution is 9.10. The summed E-state index contributed by atoms with van der Waals surface area (Å²) in [6.07, 6.45) is 3.32. The third-order valence-electron chi connectivity index (χ3n) is 3.51. The van der Waals surface area contributed by atoms with E-state index in [1.165, 1.54) is 12.0 Å². The van der Waals surface area contributed by atoms with E-state index in [0.29, 0.717) is 6.04 Å². The number of nitrogens with zero attached hydrogens (tertiary/aromatic N) is 1. The number of rotatable bonds is 3. The van der Waals surface area contributed by atoms with Crippen molar-refractivity contribution in [1.29, 1.82) is 0 Å². The molecule has 18 heavy (non-hydrogen) atoms. The number of aliphatic imine (C=N–C) groups is 1. The summed E-state index contributed by atoms with van der Waals surface area (Å²) in [5.74, 6) is 0.921. The predicted molar refractivity (Wildman–Crippen MR) is 76.0 cm³/mol. The highest BCUT2D eigenvalue weighted by Gasteiger charge is 2.28. The molecular formula is C14H17BrN2O. The number of nitrogens with one attached hydrogen (secondary N) is 1. The summed E-state index contributed by atoms with van der Waals surface area (Å²) in [4.78, 5) is 4.72. The van der Waals surface area contributed by atoms with Gasteiger partial charge in [0.15, 0.2) is 0 Å². The molecule has 96 valence electrons. The van der Waals surface area contributed by atoms with E-state index in [1.54, 1.807) is 0 Å². The summed E-state index contributed by atoms with van der Waals surface area (Å²) >= 11 is 3.58. The summed E-state index contributed by atoms with van der Waals surface area (Å²) in [7, 11) is 0. The van der Waals surface area contributed by atoms with Crippen LogP contribution in [0, 0.1) is 0 Å². The normalized spacial score (nSPS) is 27.1. The molecule has 3 nitrogen and oxygen atoms in total. The fourth-order valence-electron chi connectivity index (χ4n) is 2.54. The number of benzene rings is 1. The molecule has 3 rings (SSSR count). The molecule has 0 aliphatic carbocycles. The van der Waals surface area contributed by atoms with Gasteiger partial charge in [-0.25, -0.2) is 4.99 Å². The molecule has 0 radical (unpaired) electrons. The lowest BCUT2D eigenvalue weighted by Gasteiger charge is -2.08. The van der Waals surface area contributed by atoms with Gasteiger partial charge in [-0.15, -0.1) is 0 Å². The Labute approximate surface area is 116 Å². The zero-order valence-corrected chi connectivity index (χ0v) is 11.8. The highest BCUT2D eigenvalue weighted by atomic mass is 79.9. The van der Waals surface area contributed by atoms with E-state index in [2.05, 4.69) is 39.4 Å². The fraction of sp³-hybridized carbons (Fsp3) is 0.500. The Morgan fingerprint density at radius 2 is 2.28 bits per heavy atom. The molecule has 2 unspecified atom stereocenters. The van der Waals surface area contributed by atoms with E-state index in [9.17, 15) is 0 Å². The van der Waals surface area contributed by atoms with Crippen LogP contribution in [-0.4, -0.2) is 31.1 Å². The first-order valence-corrected chi connectivity index (χ1v) is 7.29. The maximum atomic E-state index is 5.73. The lowest BCUT2D eigenvalue weighted by Crippen LogP contribution is -2.30. The van der Waals surface area contributed by atoms with Crippen LogP contribution in [0.15, 0.2) is 33.7 Å². The summed E-state index contributed by atoms with van der Waals surface area (Å²) in [5.41, 5.74) is 1.30. The average Bonchev–Trinajstić information content (AvgIpc) is 3.02. The lowest BCUT2D eigenvalue weighted by atomic mass is 10.1.